The summed E-state index contributed by atoms with van der Waals surface area (Å²) in [6.45, 7) is 5.21. The van der Waals surface area contributed by atoms with Gasteiger partial charge in [0.05, 0.1) is 0 Å². The molecular weight excluding hydrogens is 210 g/mol. The van der Waals surface area contributed by atoms with Crippen molar-refractivity contribution in [3.05, 3.63) is 16.1 Å². The molecule has 4 nitrogen and oxygen atoms in total. The summed E-state index contributed by atoms with van der Waals surface area (Å²) in [4.78, 5) is 15.9. The Labute approximate surface area is 93.9 Å². The van der Waals surface area contributed by atoms with Gasteiger partial charge in [0.25, 0.3) is 5.91 Å². The van der Waals surface area contributed by atoms with E-state index in [0.717, 1.165) is 17.8 Å². The number of unbranched alkanes of at least 4 members (excludes halogenated alkanes) is 1. The van der Waals surface area contributed by atoms with Gasteiger partial charge in [0.1, 0.15) is 0 Å². The third-order valence-corrected chi connectivity index (χ3v) is 3.34. The van der Waals surface area contributed by atoms with Crippen molar-refractivity contribution < 1.29 is 4.79 Å². The first-order valence-corrected chi connectivity index (χ1v) is 5.95. The monoisotopic (exact) mass is 227 g/mol. The lowest BCUT2D eigenvalue weighted by Gasteiger charge is -2.10. The Hall–Kier alpha value is -0.940. The molecule has 0 radical (unpaired) electrons. The van der Waals surface area contributed by atoms with Crippen molar-refractivity contribution in [1.82, 2.24) is 10.3 Å². The molecule has 1 unspecified atom stereocenters. The van der Waals surface area contributed by atoms with Crippen LogP contribution in [-0.4, -0.2) is 17.4 Å². The second-order valence-electron chi connectivity index (χ2n) is 3.46. The second kappa shape index (κ2) is 5.82. The van der Waals surface area contributed by atoms with Crippen molar-refractivity contribution in [2.24, 2.45) is 5.73 Å². The highest BCUT2D eigenvalue weighted by Crippen LogP contribution is 2.20. The van der Waals surface area contributed by atoms with Gasteiger partial charge in [-0.25, -0.2) is 4.98 Å². The van der Waals surface area contributed by atoms with Gasteiger partial charge in [-0.2, -0.15) is 0 Å². The normalized spacial score (nSPS) is 12.7. The van der Waals surface area contributed by atoms with Gasteiger partial charge in [0, 0.05) is 17.1 Å². The van der Waals surface area contributed by atoms with Crippen molar-refractivity contribution in [3.63, 3.8) is 0 Å². The SMILES string of the molecule is CCCCNC(C)c1cnc(C(N)=O)s1. The number of aromatic nitrogens is 1. The van der Waals surface area contributed by atoms with Crippen LogP contribution in [0.5, 0.6) is 0 Å². The summed E-state index contributed by atoms with van der Waals surface area (Å²) in [7, 11) is 0. The summed E-state index contributed by atoms with van der Waals surface area (Å²) in [5, 5.41) is 3.75. The van der Waals surface area contributed by atoms with E-state index in [1.54, 1.807) is 6.20 Å². The van der Waals surface area contributed by atoms with Crippen molar-refractivity contribution in [2.75, 3.05) is 6.54 Å². The highest BCUT2D eigenvalue weighted by Gasteiger charge is 2.11. The van der Waals surface area contributed by atoms with Gasteiger partial charge in [0.2, 0.25) is 0 Å². The fraction of sp³-hybridized carbons (Fsp3) is 0.600. The van der Waals surface area contributed by atoms with Crippen LogP contribution < -0.4 is 11.1 Å². The summed E-state index contributed by atoms with van der Waals surface area (Å²) >= 11 is 1.36. The van der Waals surface area contributed by atoms with Crippen molar-refractivity contribution in [2.45, 2.75) is 32.7 Å². The van der Waals surface area contributed by atoms with E-state index < -0.39 is 5.91 Å². The molecule has 15 heavy (non-hydrogen) atoms. The fourth-order valence-electron chi connectivity index (χ4n) is 1.20. The molecule has 0 fully saturated rings. The van der Waals surface area contributed by atoms with E-state index in [9.17, 15) is 4.79 Å². The van der Waals surface area contributed by atoms with Gasteiger partial charge < -0.3 is 11.1 Å². The quantitative estimate of drug-likeness (QED) is 0.727. The summed E-state index contributed by atoms with van der Waals surface area (Å²) in [6, 6.07) is 0.238. The Kier molecular flexibility index (Phi) is 4.71. The lowest BCUT2D eigenvalue weighted by atomic mass is 10.2. The summed E-state index contributed by atoms with van der Waals surface area (Å²) in [6.07, 6.45) is 4.05. The molecule has 0 saturated heterocycles. The van der Waals surface area contributed by atoms with Crippen LogP contribution in [0.2, 0.25) is 0 Å². The molecule has 1 aromatic heterocycles. The number of hydrogen-bond donors (Lipinski definition) is 2. The molecule has 0 aromatic carbocycles. The molecule has 1 rings (SSSR count). The van der Waals surface area contributed by atoms with Crippen LogP contribution in [0.4, 0.5) is 0 Å². The number of carbonyl (C=O) groups excluding carboxylic acids is 1. The fourth-order valence-corrected chi connectivity index (χ4v) is 1.99. The Morgan fingerprint density at radius 3 is 3.00 bits per heavy atom. The Balaban J connectivity index is 2.50. The van der Waals surface area contributed by atoms with Gasteiger partial charge in [-0.3, -0.25) is 4.79 Å². The Morgan fingerprint density at radius 2 is 2.47 bits per heavy atom. The maximum Gasteiger partial charge on any atom is 0.277 e. The van der Waals surface area contributed by atoms with Crippen molar-refractivity contribution >= 4 is 17.2 Å². The number of hydrogen-bond acceptors (Lipinski definition) is 4. The smallest absolute Gasteiger partial charge is 0.277 e. The zero-order valence-electron chi connectivity index (χ0n) is 9.12. The molecule has 0 aliphatic rings. The molecule has 0 bridgehead atoms. The summed E-state index contributed by atoms with van der Waals surface area (Å²) in [5.74, 6) is -0.452. The van der Waals surface area contributed by atoms with Crippen LogP contribution in [0, 0.1) is 0 Å². The number of amides is 1. The molecule has 5 heteroatoms. The summed E-state index contributed by atoms with van der Waals surface area (Å²) < 4.78 is 0. The van der Waals surface area contributed by atoms with E-state index in [1.807, 2.05) is 0 Å². The minimum atomic E-state index is -0.452. The van der Waals surface area contributed by atoms with Crippen LogP contribution in [0.1, 0.15) is 47.4 Å². The molecule has 0 aliphatic heterocycles. The predicted molar refractivity (Wildman–Crippen MR) is 62.0 cm³/mol. The zero-order valence-corrected chi connectivity index (χ0v) is 9.93. The largest absolute Gasteiger partial charge is 0.364 e. The minimum Gasteiger partial charge on any atom is -0.364 e. The van der Waals surface area contributed by atoms with Crippen molar-refractivity contribution in [3.8, 4) is 0 Å². The maximum absolute atomic E-state index is 10.8. The van der Waals surface area contributed by atoms with Gasteiger partial charge in [-0.15, -0.1) is 11.3 Å². The first-order valence-electron chi connectivity index (χ1n) is 5.14. The molecule has 1 heterocycles. The van der Waals surface area contributed by atoms with Crippen LogP contribution in [-0.2, 0) is 0 Å². The molecule has 1 amide bonds. The number of primary amides is 1. The topological polar surface area (TPSA) is 68.0 Å². The molecule has 1 atom stereocenters. The van der Waals surface area contributed by atoms with Gasteiger partial charge in [-0.05, 0) is 19.9 Å². The first kappa shape index (κ1) is 12.1. The molecule has 0 spiro atoms. The number of nitrogens with zero attached hydrogens (tertiary/aromatic N) is 1. The van der Waals surface area contributed by atoms with E-state index in [-0.39, 0.29) is 6.04 Å². The van der Waals surface area contributed by atoms with E-state index in [4.69, 9.17) is 5.73 Å². The molecule has 84 valence electrons. The molecular formula is C10H17N3OS. The molecule has 1 aromatic rings. The van der Waals surface area contributed by atoms with E-state index in [1.165, 1.54) is 17.8 Å². The number of thiazole rings is 1. The van der Waals surface area contributed by atoms with Crippen LogP contribution in [0.15, 0.2) is 6.20 Å². The van der Waals surface area contributed by atoms with Crippen LogP contribution in [0.3, 0.4) is 0 Å². The summed E-state index contributed by atoms with van der Waals surface area (Å²) in [5.41, 5.74) is 5.14. The molecule has 3 N–H and O–H groups in total. The van der Waals surface area contributed by atoms with Crippen LogP contribution in [0.25, 0.3) is 0 Å². The van der Waals surface area contributed by atoms with Gasteiger partial charge in [0.15, 0.2) is 5.01 Å². The number of nitrogens with two attached hydrogens (primary N) is 1. The third-order valence-electron chi connectivity index (χ3n) is 2.14. The highest BCUT2D eigenvalue weighted by molar-refractivity contribution is 7.13. The minimum absolute atomic E-state index is 0.238. The van der Waals surface area contributed by atoms with E-state index in [2.05, 4.69) is 24.1 Å². The van der Waals surface area contributed by atoms with Gasteiger partial charge in [-0.1, -0.05) is 13.3 Å². The van der Waals surface area contributed by atoms with E-state index in [0.29, 0.717) is 5.01 Å². The van der Waals surface area contributed by atoms with Crippen LogP contribution >= 0.6 is 11.3 Å². The highest BCUT2D eigenvalue weighted by atomic mass is 32.1. The third kappa shape index (κ3) is 3.60. The predicted octanol–water partition coefficient (Wildman–Crippen LogP) is 1.69. The standard InChI is InChI=1S/C10H17N3OS/c1-3-4-5-12-7(2)8-6-13-10(15-8)9(11)14/h6-7,12H,3-5H2,1-2H3,(H2,11,14). The number of nitrogens with one attached hydrogen (secondary N) is 1. The Bertz CT molecular complexity index is 324. The van der Waals surface area contributed by atoms with E-state index >= 15 is 0 Å². The molecule has 0 aliphatic carbocycles. The lowest BCUT2D eigenvalue weighted by Crippen LogP contribution is -2.18. The average Bonchev–Trinajstić information content (AvgIpc) is 2.66. The lowest BCUT2D eigenvalue weighted by molar-refractivity contribution is 0.1000. The average molecular weight is 227 g/mol. The Morgan fingerprint density at radius 1 is 1.73 bits per heavy atom. The van der Waals surface area contributed by atoms with Gasteiger partial charge >= 0.3 is 0 Å². The van der Waals surface area contributed by atoms with Crippen molar-refractivity contribution in [1.29, 1.82) is 0 Å². The second-order valence-corrected chi connectivity index (χ2v) is 4.52. The first-order chi connectivity index (χ1) is 7.15. The number of carbonyl (C=O) groups is 1. The zero-order chi connectivity index (χ0) is 11.3. The molecule has 0 saturated carbocycles. The maximum atomic E-state index is 10.8. The number of rotatable bonds is 6.